The van der Waals surface area contributed by atoms with Gasteiger partial charge in [-0.15, -0.1) is 12.4 Å². The van der Waals surface area contributed by atoms with E-state index < -0.39 is 0 Å². The van der Waals surface area contributed by atoms with Crippen molar-refractivity contribution in [2.75, 3.05) is 26.7 Å². The number of nitrogens with one attached hydrogen (secondary N) is 2. The van der Waals surface area contributed by atoms with Crippen molar-refractivity contribution in [1.29, 1.82) is 0 Å². The van der Waals surface area contributed by atoms with E-state index in [1.807, 2.05) is 24.3 Å². The summed E-state index contributed by atoms with van der Waals surface area (Å²) in [4.78, 5) is 12.0. The number of carbonyl (C=O) groups is 1. The Labute approximate surface area is 126 Å². The molecule has 0 aromatic heterocycles. The van der Waals surface area contributed by atoms with Crippen LogP contribution in [0.1, 0.15) is 28.8 Å². The van der Waals surface area contributed by atoms with E-state index in [0.717, 1.165) is 31.6 Å². The molecule has 1 atom stereocenters. The number of benzene rings is 1. The lowest BCUT2D eigenvalue weighted by atomic mass is 10.1. The molecule has 0 radical (unpaired) electrons. The van der Waals surface area contributed by atoms with Crippen LogP contribution in [0.15, 0.2) is 24.3 Å². The highest BCUT2D eigenvalue weighted by Gasteiger charge is 2.14. The highest BCUT2D eigenvalue weighted by molar-refractivity contribution is 5.94. The molecule has 1 aromatic rings. The zero-order chi connectivity index (χ0) is 13.5. The van der Waals surface area contributed by atoms with E-state index in [2.05, 4.69) is 10.6 Å². The first-order valence-electron chi connectivity index (χ1n) is 6.86. The summed E-state index contributed by atoms with van der Waals surface area (Å²) < 4.78 is 5.07. The van der Waals surface area contributed by atoms with Crippen molar-refractivity contribution in [3.63, 3.8) is 0 Å². The highest BCUT2D eigenvalue weighted by atomic mass is 35.5. The largest absolute Gasteiger partial charge is 0.380 e. The summed E-state index contributed by atoms with van der Waals surface area (Å²) in [5.41, 5.74) is 1.73. The van der Waals surface area contributed by atoms with Crippen molar-refractivity contribution in [3.8, 4) is 0 Å². The van der Waals surface area contributed by atoms with Crippen molar-refractivity contribution >= 4 is 18.3 Å². The number of methoxy groups -OCH3 is 1. The van der Waals surface area contributed by atoms with Crippen LogP contribution in [-0.4, -0.2) is 32.7 Å². The zero-order valence-electron chi connectivity index (χ0n) is 11.9. The van der Waals surface area contributed by atoms with Gasteiger partial charge in [0.1, 0.15) is 0 Å². The van der Waals surface area contributed by atoms with Crippen LogP contribution in [0.4, 0.5) is 0 Å². The third-order valence-corrected chi connectivity index (χ3v) is 3.50. The highest BCUT2D eigenvalue weighted by Crippen LogP contribution is 2.11. The second-order valence-corrected chi connectivity index (χ2v) is 5.04. The molecule has 2 rings (SSSR count). The standard InChI is InChI=1S/C15H22N2O2.ClH/c1-19-11-13-3-2-4-14(9-13)15(18)17-8-6-12-5-7-16-10-12;/h2-4,9,12,16H,5-8,10-11H2,1H3,(H,17,18);1H. The molecule has 1 aliphatic heterocycles. The van der Waals surface area contributed by atoms with Gasteiger partial charge in [0.2, 0.25) is 0 Å². The summed E-state index contributed by atoms with van der Waals surface area (Å²) in [7, 11) is 1.66. The molecule has 2 N–H and O–H groups in total. The number of amides is 1. The number of hydrogen-bond acceptors (Lipinski definition) is 3. The maximum Gasteiger partial charge on any atom is 0.251 e. The Morgan fingerprint density at radius 3 is 3.05 bits per heavy atom. The van der Waals surface area contributed by atoms with Crippen molar-refractivity contribution < 1.29 is 9.53 Å². The van der Waals surface area contributed by atoms with Crippen LogP contribution >= 0.6 is 12.4 Å². The molecular weight excluding hydrogens is 276 g/mol. The van der Waals surface area contributed by atoms with Gasteiger partial charge < -0.3 is 15.4 Å². The van der Waals surface area contributed by atoms with Crippen LogP contribution < -0.4 is 10.6 Å². The molecule has 1 unspecified atom stereocenters. The predicted octanol–water partition coefficient (Wildman–Crippen LogP) is 1.98. The van der Waals surface area contributed by atoms with Gasteiger partial charge in [-0.1, -0.05) is 12.1 Å². The van der Waals surface area contributed by atoms with Gasteiger partial charge in [-0.3, -0.25) is 4.79 Å². The van der Waals surface area contributed by atoms with Crippen LogP contribution in [0, 0.1) is 5.92 Å². The van der Waals surface area contributed by atoms with Crippen LogP contribution in [-0.2, 0) is 11.3 Å². The van der Waals surface area contributed by atoms with Gasteiger partial charge >= 0.3 is 0 Å². The average molecular weight is 299 g/mol. The molecule has 4 nitrogen and oxygen atoms in total. The summed E-state index contributed by atoms with van der Waals surface area (Å²) in [6, 6.07) is 7.58. The van der Waals surface area contributed by atoms with Crippen molar-refractivity contribution in [1.82, 2.24) is 10.6 Å². The topological polar surface area (TPSA) is 50.4 Å². The fraction of sp³-hybridized carbons (Fsp3) is 0.533. The lowest BCUT2D eigenvalue weighted by molar-refractivity contribution is 0.0951. The second-order valence-electron chi connectivity index (χ2n) is 5.04. The fourth-order valence-electron chi connectivity index (χ4n) is 2.42. The maximum absolute atomic E-state index is 12.0. The van der Waals surface area contributed by atoms with Gasteiger partial charge in [-0.2, -0.15) is 0 Å². The first kappa shape index (κ1) is 17.0. The van der Waals surface area contributed by atoms with Crippen LogP contribution in [0.5, 0.6) is 0 Å². The summed E-state index contributed by atoms with van der Waals surface area (Å²) in [6.07, 6.45) is 2.27. The molecule has 1 amide bonds. The van der Waals surface area contributed by atoms with Gasteiger partial charge in [0.15, 0.2) is 0 Å². The van der Waals surface area contributed by atoms with Gasteiger partial charge in [0.25, 0.3) is 5.91 Å². The Morgan fingerprint density at radius 2 is 2.35 bits per heavy atom. The molecule has 20 heavy (non-hydrogen) atoms. The smallest absolute Gasteiger partial charge is 0.251 e. The Kier molecular flexibility index (Phi) is 7.59. The SMILES string of the molecule is COCc1cccc(C(=O)NCCC2CCNC2)c1.Cl. The van der Waals surface area contributed by atoms with E-state index in [1.165, 1.54) is 6.42 Å². The first-order valence-corrected chi connectivity index (χ1v) is 6.86. The monoisotopic (exact) mass is 298 g/mol. The van der Waals surface area contributed by atoms with Crippen LogP contribution in [0.25, 0.3) is 0 Å². The molecule has 0 bridgehead atoms. The second kappa shape index (κ2) is 8.95. The Balaban J connectivity index is 0.00000200. The average Bonchev–Trinajstić information content (AvgIpc) is 2.92. The first-order chi connectivity index (χ1) is 9.29. The Bertz CT molecular complexity index is 420. The van der Waals surface area contributed by atoms with Crippen molar-refractivity contribution in [2.24, 2.45) is 5.92 Å². The number of carbonyl (C=O) groups excluding carboxylic acids is 1. The summed E-state index contributed by atoms with van der Waals surface area (Å²) in [6.45, 7) is 3.48. The van der Waals surface area contributed by atoms with Gasteiger partial charge in [-0.05, 0) is 49.5 Å². The molecule has 1 heterocycles. The van der Waals surface area contributed by atoms with Crippen LogP contribution in [0.3, 0.4) is 0 Å². The molecule has 1 fully saturated rings. The number of rotatable bonds is 6. The fourth-order valence-corrected chi connectivity index (χ4v) is 2.42. The van der Waals surface area contributed by atoms with E-state index in [9.17, 15) is 4.79 Å². The minimum absolute atomic E-state index is 0. The van der Waals surface area contributed by atoms with Crippen LogP contribution in [0.2, 0.25) is 0 Å². The minimum atomic E-state index is 0. The van der Waals surface area contributed by atoms with Gasteiger partial charge in [0, 0.05) is 19.2 Å². The molecule has 1 aliphatic rings. The predicted molar refractivity (Wildman–Crippen MR) is 82.3 cm³/mol. The molecule has 112 valence electrons. The molecular formula is C15H23ClN2O2. The van der Waals surface area contributed by atoms with Gasteiger partial charge in [-0.25, -0.2) is 0 Å². The lowest BCUT2D eigenvalue weighted by Gasteiger charge is -2.10. The number of halogens is 1. The molecule has 1 saturated heterocycles. The normalized spacial score (nSPS) is 17.6. The van der Waals surface area contributed by atoms with E-state index in [4.69, 9.17) is 4.74 Å². The number of hydrogen-bond donors (Lipinski definition) is 2. The molecule has 0 spiro atoms. The molecule has 1 aromatic carbocycles. The van der Waals surface area contributed by atoms with E-state index in [1.54, 1.807) is 7.11 Å². The summed E-state index contributed by atoms with van der Waals surface area (Å²) >= 11 is 0. The van der Waals surface area contributed by atoms with E-state index >= 15 is 0 Å². The summed E-state index contributed by atoms with van der Waals surface area (Å²) in [5.74, 6) is 0.712. The number of ether oxygens (including phenoxy) is 1. The third-order valence-electron chi connectivity index (χ3n) is 3.50. The third kappa shape index (κ3) is 5.12. The van der Waals surface area contributed by atoms with Crippen molar-refractivity contribution in [3.05, 3.63) is 35.4 Å². The lowest BCUT2D eigenvalue weighted by Crippen LogP contribution is -2.26. The maximum atomic E-state index is 12.0. The van der Waals surface area contributed by atoms with Crippen molar-refractivity contribution in [2.45, 2.75) is 19.4 Å². The van der Waals surface area contributed by atoms with Gasteiger partial charge in [0.05, 0.1) is 6.61 Å². The van der Waals surface area contributed by atoms with E-state index in [-0.39, 0.29) is 18.3 Å². The Morgan fingerprint density at radius 1 is 1.50 bits per heavy atom. The Hall–Kier alpha value is -1.10. The molecule has 0 saturated carbocycles. The minimum Gasteiger partial charge on any atom is -0.380 e. The molecule has 0 aliphatic carbocycles. The van der Waals surface area contributed by atoms with E-state index in [0.29, 0.717) is 18.1 Å². The zero-order valence-corrected chi connectivity index (χ0v) is 12.7. The molecule has 5 heteroatoms. The summed E-state index contributed by atoms with van der Waals surface area (Å²) in [5, 5.41) is 6.32. The quantitative estimate of drug-likeness (QED) is 0.844.